The zero-order chi connectivity index (χ0) is 39.2. The molecular formula is C50H51N7O2. The van der Waals surface area contributed by atoms with E-state index in [9.17, 15) is 0 Å². The number of rotatable bonds is 7. The number of oxazole rings is 1. The van der Waals surface area contributed by atoms with Crippen molar-refractivity contribution in [2.75, 3.05) is 26.2 Å². The van der Waals surface area contributed by atoms with E-state index in [1.165, 1.54) is 87.8 Å². The number of para-hydroxylation sites is 1. The van der Waals surface area contributed by atoms with E-state index in [0.29, 0.717) is 30.5 Å². The van der Waals surface area contributed by atoms with Gasteiger partial charge in [0, 0.05) is 58.5 Å². The quantitative estimate of drug-likeness (QED) is 0.160. The smallest absolute Gasteiger partial charge is 0.308 e. The number of ether oxygens (including phenoxy) is 1. The normalized spacial score (nSPS) is 25.9. The first-order valence-electron chi connectivity index (χ1n) is 22.3. The SMILES string of the molecule is CC[C@@]12C=C(c3nc(C)c(OCc4cccc5c4c4c6n5C(c5cn7ccccc7n5)=C[C@]5(CC)CCCN(CC4)[C@H]65)o3)n3c4c(c5ccccc53)CCN(CCC1)[C@H]42. The molecule has 2 aromatic carbocycles. The Labute approximate surface area is 344 Å². The van der Waals surface area contributed by atoms with Gasteiger partial charge in [-0.2, -0.15) is 0 Å². The first-order valence-corrected chi connectivity index (χ1v) is 22.3. The van der Waals surface area contributed by atoms with Crippen molar-refractivity contribution in [3.05, 3.63) is 131 Å². The summed E-state index contributed by atoms with van der Waals surface area (Å²) < 4.78 is 20.8. The maximum atomic E-state index is 6.80. The summed E-state index contributed by atoms with van der Waals surface area (Å²) in [6.07, 6.45) is 18.6. The van der Waals surface area contributed by atoms with Crippen LogP contribution in [0.2, 0.25) is 0 Å². The first kappa shape index (κ1) is 34.5. The first-order chi connectivity index (χ1) is 29.0. The Morgan fingerprint density at radius 2 is 1.44 bits per heavy atom. The van der Waals surface area contributed by atoms with Gasteiger partial charge < -0.3 is 22.7 Å². The predicted molar refractivity (Wildman–Crippen MR) is 231 cm³/mol. The van der Waals surface area contributed by atoms with E-state index in [-0.39, 0.29) is 10.8 Å². The summed E-state index contributed by atoms with van der Waals surface area (Å²) in [7, 11) is 0. The van der Waals surface area contributed by atoms with Crippen LogP contribution < -0.4 is 4.74 Å². The average Bonchev–Trinajstić information content (AvgIpc) is 4.05. The molecule has 13 rings (SSSR count). The van der Waals surface area contributed by atoms with E-state index in [4.69, 9.17) is 19.1 Å². The number of benzene rings is 2. The summed E-state index contributed by atoms with van der Waals surface area (Å²) in [5.41, 5.74) is 14.8. The van der Waals surface area contributed by atoms with Crippen molar-refractivity contribution in [3.63, 3.8) is 0 Å². The molecule has 59 heavy (non-hydrogen) atoms. The molecule has 0 spiro atoms. The molecule has 0 N–H and O–H groups in total. The van der Waals surface area contributed by atoms with E-state index in [1.54, 1.807) is 0 Å². The Bertz CT molecular complexity index is 2920. The van der Waals surface area contributed by atoms with Crippen molar-refractivity contribution in [1.82, 2.24) is 33.3 Å². The summed E-state index contributed by atoms with van der Waals surface area (Å²) in [4.78, 5) is 15.9. The van der Waals surface area contributed by atoms with Gasteiger partial charge >= 0.3 is 5.95 Å². The zero-order valence-electron chi connectivity index (χ0n) is 34.4. The Morgan fingerprint density at radius 1 is 0.746 bits per heavy atom. The second-order valence-electron chi connectivity index (χ2n) is 18.3. The highest BCUT2D eigenvalue weighted by Crippen LogP contribution is 2.59. The molecular weight excluding hydrogens is 731 g/mol. The number of hydrogen-bond donors (Lipinski definition) is 0. The van der Waals surface area contributed by atoms with Crippen molar-refractivity contribution in [2.24, 2.45) is 10.8 Å². The lowest BCUT2D eigenvalue weighted by atomic mass is 9.66. The van der Waals surface area contributed by atoms with Gasteiger partial charge in [0.05, 0.1) is 28.8 Å². The van der Waals surface area contributed by atoms with Crippen molar-refractivity contribution < 1.29 is 9.15 Å². The number of aryl methyl sites for hydroxylation is 1. The fraction of sp³-hybridized carbons (Fsp3) is 0.400. The van der Waals surface area contributed by atoms with E-state index in [2.05, 4.69) is 122 Å². The minimum absolute atomic E-state index is 0.0436. The van der Waals surface area contributed by atoms with Crippen LogP contribution in [0.4, 0.5) is 0 Å². The van der Waals surface area contributed by atoms with Crippen LogP contribution in [0.5, 0.6) is 5.95 Å². The van der Waals surface area contributed by atoms with Crippen molar-refractivity contribution in [3.8, 4) is 5.95 Å². The molecule has 0 radical (unpaired) electrons. The lowest BCUT2D eigenvalue weighted by molar-refractivity contribution is 0.0269. The molecule has 4 atom stereocenters. The van der Waals surface area contributed by atoms with Crippen molar-refractivity contribution in [1.29, 1.82) is 0 Å². The predicted octanol–water partition coefficient (Wildman–Crippen LogP) is 10.1. The van der Waals surface area contributed by atoms with Crippen LogP contribution in [0.25, 0.3) is 38.8 Å². The summed E-state index contributed by atoms with van der Waals surface area (Å²) in [6, 6.07) is 22.7. The van der Waals surface area contributed by atoms with Crippen LogP contribution >= 0.6 is 0 Å². The molecule has 0 unspecified atom stereocenters. The topological polar surface area (TPSA) is 68.9 Å². The highest BCUT2D eigenvalue weighted by atomic mass is 16.6. The molecule has 11 heterocycles. The average molecular weight is 782 g/mol. The lowest BCUT2D eigenvalue weighted by Crippen LogP contribution is -2.50. The Balaban J connectivity index is 0.917. The number of piperidine rings is 2. The van der Waals surface area contributed by atoms with Gasteiger partial charge in [-0.15, -0.1) is 0 Å². The number of hydrogen-bond acceptors (Lipinski definition) is 6. The van der Waals surface area contributed by atoms with Crippen molar-refractivity contribution in [2.45, 2.75) is 90.8 Å². The van der Waals surface area contributed by atoms with Gasteiger partial charge in [-0.1, -0.05) is 50.2 Å². The fourth-order valence-corrected chi connectivity index (χ4v) is 13.0. The van der Waals surface area contributed by atoms with Crippen LogP contribution in [-0.2, 0) is 19.4 Å². The third-order valence-electron chi connectivity index (χ3n) is 15.7. The van der Waals surface area contributed by atoms with Crippen LogP contribution in [-0.4, -0.2) is 59.5 Å². The summed E-state index contributed by atoms with van der Waals surface area (Å²) in [6.45, 7) is 11.7. The van der Waals surface area contributed by atoms with E-state index in [0.717, 1.165) is 68.0 Å². The molecule has 298 valence electrons. The minimum Gasteiger partial charge on any atom is -0.459 e. The number of nitrogens with zero attached hydrogens (tertiary/aromatic N) is 7. The third kappa shape index (κ3) is 4.58. The number of pyridine rings is 1. The molecule has 9 heteroatoms. The number of imidazole rings is 1. The summed E-state index contributed by atoms with van der Waals surface area (Å²) in [5.74, 6) is 1.16. The monoisotopic (exact) mass is 781 g/mol. The molecule has 6 aliphatic heterocycles. The largest absolute Gasteiger partial charge is 0.459 e. The highest BCUT2D eigenvalue weighted by Gasteiger charge is 2.52. The van der Waals surface area contributed by atoms with Crippen LogP contribution in [0.15, 0.2) is 89.6 Å². The molecule has 0 bridgehead atoms. The molecule has 6 aliphatic rings. The van der Waals surface area contributed by atoms with Gasteiger partial charge in [0.25, 0.3) is 0 Å². The van der Waals surface area contributed by atoms with E-state index >= 15 is 0 Å². The molecule has 5 aromatic heterocycles. The lowest BCUT2D eigenvalue weighted by Gasteiger charge is -2.53. The maximum Gasteiger partial charge on any atom is 0.308 e. The van der Waals surface area contributed by atoms with E-state index < -0.39 is 0 Å². The van der Waals surface area contributed by atoms with Gasteiger partial charge in [0.2, 0.25) is 5.89 Å². The number of aromatic nitrogens is 5. The Hall–Kier alpha value is -5.38. The van der Waals surface area contributed by atoms with Gasteiger partial charge in [-0.05, 0) is 124 Å². The fourth-order valence-electron chi connectivity index (χ4n) is 13.0. The van der Waals surface area contributed by atoms with Crippen LogP contribution in [0, 0.1) is 17.8 Å². The Kier molecular flexibility index (Phi) is 7.21. The molecule has 7 aromatic rings. The minimum atomic E-state index is 0.0436. The van der Waals surface area contributed by atoms with Gasteiger partial charge in [0.1, 0.15) is 29.3 Å². The molecule has 0 aliphatic carbocycles. The molecule has 0 amide bonds. The van der Waals surface area contributed by atoms with E-state index in [1.807, 2.05) is 6.92 Å². The van der Waals surface area contributed by atoms with Crippen LogP contribution in [0.3, 0.4) is 0 Å². The second kappa shape index (κ2) is 12.3. The second-order valence-corrected chi connectivity index (χ2v) is 18.3. The van der Waals surface area contributed by atoms with Crippen LogP contribution in [0.1, 0.15) is 110 Å². The third-order valence-corrected chi connectivity index (χ3v) is 15.7. The molecule has 2 saturated heterocycles. The number of fused-ring (bicyclic) bond motifs is 7. The van der Waals surface area contributed by atoms with Gasteiger partial charge in [0.15, 0.2) is 0 Å². The molecule has 9 nitrogen and oxygen atoms in total. The van der Waals surface area contributed by atoms with Crippen molar-refractivity contribution >= 4 is 38.8 Å². The highest BCUT2D eigenvalue weighted by molar-refractivity contribution is 5.95. The zero-order valence-corrected chi connectivity index (χ0v) is 34.4. The van der Waals surface area contributed by atoms with Gasteiger partial charge in [-0.25, -0.2) is 9.97 Å². The molecule has 0 saturated carbocycles. The summed E-state index contributed by atoms with van der Waals surface area (Å²) in [5, 5.41) is 2.69. The Morgan fingerprint density at radius 3 is 2.22 bits per heavy atom. The molecule has 2 fully saturated rings. The summed E-state index contributed by atoms with van der Waals surface area (Å²) >= 11 is 0. The van der Waals surface area contributed by atoms with Gasteiger partial charge in [-0.3, -0.25) is 9.80 Å². The standard InChI is InChI=1S/C50H51N7O2/c1-4-49-20-11-24-54-26-19-35-42-32(13-10-16-38(42)57(44(35)46(49)54)39(27-49)36-29-55-22-9-8-17-41(55)52-36)30-58-48-31(3)51-47(59-48)40-28-50(5-2)21-12-23-53-25-18-34-33-14-6-7-15-37(33)56(40)43(34)45(50)53/h6-10,13-17,22,27-29,45-46H,4-5,11-12,18-21,23-26,30H2,1-3H3/t45-,46-,49+,50+/m1/s1. The maximum absolute atomic E-state index is 6.80.